The number of aliphatic hydroxyl groups is 1. The lowest BCUT2D eigenvalue weighted by Crippen LogP contribution is -2.42. The molecule has 1 amide bonds. The van der Waals surface area contributed by atoms with Crippen LogP contribution in [0.5, 0.6) is 0 Å². The molecular weight excluding hydrogens is 150 g/mol. The summed E-state index contributed by atoms with van der Waals surface area (Å²) in [6.07, 6.45) is 0. The molecule has 11 heavy (non-hydrogen) atoms. The molecule has 2 N–H and O–H groups in total. The van der Waals surface area contributed by atoms with Crippen molar-refractivity contribution in [3.8, 4) is 0 Å². The number of carbonyl (C=O) groups is 1. The highest BCUT2D eigenvalue weighted by molar-refractivity contribution is 5.78. The number of aliphatic hydroxyl groups excluding tert-OH is 1. The van der Waals surface area contributed by atoms with Gasteiger partial charge in [-0.25, -0.2) is 5.48 Å². The van der Waals surface area contributed by atoms with Gasteiger partial charge in [0, 0.05) is 0 Å². The fourth-order valence-corrected chi connectivity index (χ4v) is 0.638. The van der Waals surface area contributed by atoms with Crippen LogP contribution in [0.3, 0.4) is 0 Å². The highest BCUT2D eigenvalue weighted by Gasteiger charge is 2.26. The standard InChI is InChI=1S/C6H11NO4/c8-1-2-11-7-6(9)5-3-10-4-5/h5,8H,1-4H2,(H,7,9). The number of carbonyl (C=O) groups excluding carboxylic acids is 1. The molecule has 1 rings (SSSR count). The third-order valence-corrected chi connectivity index (χ3v) is 1.37. The minimum atomic E-state index is -0.176. The Morgan fingerprint density at radius 1 is 1.73 bits per heavy atom. The van der Waals surface area contributed by atoms with Crippen LogP contribution in [0.25, 0.3) is 0 Å². The van der Waals surface area contributed by atoms with Crippen molar-refractivity contribution in [2.45, 2.75) is 0 Å². The average Bonchev–Trinajstić information content (AvgIpc) is 1.84. The molecule has 0 aliphatic carbocycles. The number of hydrogen-bond acceptors (Lipinski definition) is 4. The Hall–Kier alpha value is -0.650. The smallest absolute Gasteiger partial charge is 0.251 e. The topological polar surface area (TPSA) is 67.8 Å². The van der Waals surface area contributed by atoms with Gasteiger partial charge in [0.2, 0.25) is 0 Å². The van der Waals surface area contributed by atoms with Crippen molar-refractivity contribution in [1.29, 1.82) is 0 Å². The molecule has 0 unspecified atom stereocenters. The lowest BCUT2D eigenvalue weighted by atomic mass is 10.1. The second-order valence-corrected chi connectivity index (χ2v) is 2.27. The molecule has 1 fully saturated rings. The van der Waals surface area contributed by atoms with Gasteiger partial charge < -0.3 is 9.84 Å². The largest absolute Gasteiger partial charge is 0.394 e. The molecule has 1 aliphatic rings. The Bertz CT molecular complexity index is 135. The molecule has 0 aromatic carbocycles. The molecule has 0 bridgehead atoms. The van der Waals surface area contributed by atoms with Gasteiger partial charge in [-0.1, -0.05) is 0 Å². The normalized spacial score (nSPS) is 17.5. The van der Waals surface area contributed by atoms with E-state index >= 15 is 0 Å². The Labute approximate surface area is 64.2 Å². The summed E-state index contributed by atoms with van der Waals surface area (Å²) in [6.45, 7) is 0.962. The van der Waals surface area contributed by atoms with Crippen LogP contribution < -0.4 is 5.48 Å². The van der Waals surface area contributed by atoms with E-state index in [4.69, 9.17) is 9.84 Å². The molecule has 5 heteroatoms. The summed E-state index contributed by atoms with van der Waals surface area (Å²) in [5.74, 6) is -0.251. The summed E-state index contributed by atoms with van der Waals surface area (Å²) in [6, 6.07) is 0. The van der Waals surface area contributed by atoms with Crippen LogP contribution in [0.15, 0.2) is 0 Å². The SMILES string of the molecule is O=C(NOCCO)C1COC1. The second-order valence-electron chi connectivity index (χ2n) is 2.27. The zero-order valence-electron chi connectivity index (χ0n) is 6.08. The molecule has 0 spiro atoms. The predicted molar refractivity (Wildman–Crippen MR) is 35.5 cm³/mol. The van der Waals surface area contributed by atoms with Crippen LogP contribution >= 0.6 is 0 Å². The molecule has 1 heterocycles. The maximum atomic E-state index is 10.9. The monoisotopic (exact) mass is 161 g/mol. The molecule has 5 nitrogen and oxygen atoms in total. The third-order valence-electron chi connectivity index (χ3n) is 1.37. The number of nitrogens with one attached hydrogen (secondary N) is 1. The summed E-state index contributed by atoms with van der Waals surface area (Å²) in [4.78, 5) is 15.5. The molecule has 0 atom stereocenters. The van der Waals surface area contributed by atoms with Gasteiger partial charge in [0.25, 0.3) is 5.91 Å². The Morgan fingerprint density at radius 2 is 2.45 bits per heavy atom. The second kappa shape index (κ2) is 4.27. The lowest BCUT2D eigenvalue weighted by Gasteiger charge is -2.24. The summed E-state index contributed by atoms with van der Waals surface area (Å²) < 4.78 is 4.80. The fraction of sp³-hybridized carbons (Fsp3) is 0.833. The quantitative estimate of drug-likeness (QED) is 0.396. The van der Waals surface area contributed by atoms with Crippen LogP contribution in [-0.2, 0) is 14.4 Å². The van der Waals surface area contributed by atoms with Gasteiger partial charge in [0.15, 0.2) is 0 Å². The van der Waals surface area contributed by atoms with Crippen molar-refractivity contribution < 1.29 is 19.5 Å². The number of ether oxygens (including phenoxy) is 1. The summed E-state index contributed by atoms with van der Waals surface area (Å²) in [7, 11) is 0. The van der Waals surface area contributed by atoms with Gasteiger partial charge in [0.05, 0.1) is 32.3 Å². The first-order chi connectivity index (χ1) is 5.34. The zero-order valence-corrected chi connectivity index (χ0v) is 6.08. The number of hydroxylamine groups is 1. The molecule has 0 aromatic heterocycles. The van der Waals surface area contributed by atoms with Crippen molar-refractivity contribution in [3.63, 3.8) is 0 Å². The van der Waals surface area contributed by atoms with Crippen molar-refractivity contribution in [2.75, 3.05) is 26.4 Å². The van der Waals surface area contributed by atoms with E-state index in [9.17, 15) is 4.79 Å². The van der Waals surface area contributed by atoms with E-state index in [-0.39, 0.29) is 25.0 Å². The molecule has 1 saturated heterocycles. The Balaban J connectivity index is 2.01. The van der Waals surface area contributed by atoms with E-state index in [1.165, 1.54) is 0 Å². The van der Waals surface area contributed by atoms with E-state index < -0.39 is 0 Å². The van der Waals surface area contributed by atoms with Gasteiger partial charge in [-0.15, -0.1) is 0 Å². The highest BCUT2D eigenvalue weighted by atomic mass is 16.7. The molecule has 64 valence electrons. The minimum Gasteiger partial charge on any atom is -0.394 e. The van der Waals surface area contributed by atoms with E-state index in [0.29, 0.717) is 13.2 Å². The summed E-state index contributed by atoms with van der Waals surface area (Å²) >= 11 is 0. The molecule has 1 aliphatic heterocycles. The van der Waals surface area contributed by atoms with Crippen molar-refractivity contribution >= 4 is 5.91 Å². The summed E-state index contributed by atoms with van der Waals surface area (Å²) in [5, 5.41) is 8.29. The Kier molecular flexibility index (Phi) is 3.28. The number of rotatable bonds is 4. The zero-order chi connectivity index (χ0) is 8.10. The first-order valence-electron chi connectivity index (χ1n) is 3.45. The van der Waals surface area contributed by atoms with E-state index in [1.54, 1.807) is 0 Å². The average molecular weight is 161 g/mol. The van der Waals surface area contributed by atoms with Gasteiger partial charge in [-0.05, 0) is 0 Å². The van der Waals surface area contributed by atoms with Crippen LogP contribution in [-0.4, -0.2) is 37.4 Å². The predicted octanol–water partition coefficient (Wildman–Crippen LogP) is -1.33. The van der Waals surface area contributed by atoms with Crippen LogP contribution in [0.2, 0.25) is 0 Å². The minimum absolute atomic E-state index is 0.0753. The van der Waals surface area contributed by atoms with Crippen LogP contribution in [0, 0.1) is 5.92 Å². The van der Waals surface area contributed by atoms with E-state index in [1.807, 2.05) is 0 Å². The van der Waals surface area contributed by atoms with Gasteiger partial charge in [0.1, 0.15) is 0 Å². The van der Waals surface area contributed by atoms with Crippen LogP contribution in [0.1, 0.15) is 0 Å². The van der Waals surface area contributed by atoms with Crippen LogP contribution in [0.4, 0.5) is 0 Å². The van der Waals surface area contributed by atoms with E-state index in [0.717, 1.165) is 0 Å². The van der Waals surface area contributed by atoms with Gasteiger partial charge >= 0.3 is 0 Å². The first kappa shape index (κ1) is 8.45. The van der Waals surface area contributed by atoms with Crippen molar-refractivity contribution in [2.24, 2.45) is 5.92 Å². The fourth-order valence-electron chi connectivity index (χ4n) is 0.638. The maximum absolute atomic E-state index is 10.9. The first-order valence-corrected chi connectivity index (χ1v) is 3.45. The molecule has 0 radical (unpaired) electrons. The maximum Gasteiger partial charge on any atom is 0.251 e. The van der Waals surface area contributed by atoms with Crippen molar-refractivity contribution in [3.05, 3.63) is 0 Å². The lowest BCUT2D eigenvalue weighted by molar-refractivity contribution is -0.152. The van der Waals surface area contributed by atoms with Gasteiger partial charge in [-0.2, -0.15) is 0 Å². The highest BCUT2D eigenvalue weighted by Crippen LogP contribution is 2.08. The molecule has 0 saturated carbocycles. The third kappa shape index (κ3) is 2.45. The van der Waals surface area contributed by atoms with E-state index in [2.05, 4.69) is 10.3 Å². The molecular formula is C6H11NO4. The van der Waals surface area contributed by atoms with Crippen molar-refractivity contribution in [1.82, 2.24) is 5.48 Å². The van der Waals surface area contributed by atoms with Gasteiger partial charge in [-0.3, -0.25) is 9.63 Å². The number of amides is 1. The molecule has 0 aromatic rings. The number of hydrogen-bond donors (Lipinski definition) is 2. The Morgan fingerprint density at radius 3 is 2.91 bits per heavy atom. The summed E-state index contributed by atoms with van der Waals surface area (Å²) in [5.41, 5.74) is 2.21.